The zero-order chi connectivity index (χ0) is 30.9. The van der Waals surface area contributed by atoms with Crippen molar-refractivity contribution < 1.29 is 9.47 Å². The second-order valence-corrected chi connectivity index (χ2v) is 13.0. The summed E-state index contributed by atoms with van der Waals surface area (Å²) in [5.41, 5.74) is 0. The van der Waals surface area contributed by atoms with E-state index < -0.39 is 0 Å². The molecule has 1 aliphatic heterocycles. The van der Waals surface area contributed by atoms with Crippen molar-refractivity contribution in [2.45, 2.75) is 206 Å². The van der Waals surface area contributed by atoms with E-state index in [1.165, 1.54) is 141 Å². The summed E-state index contributed by atoms with van der Waals surface area (Å²) in [5, 5.41) is 0. The van der Waals surface area contributed by atoms with Gasteiger partial charge >= 0.3 is 0 Å². The van der Waals surface area contributed by atoms with Crippen molar-refractivity contribution in [1.29, 1.82) is 0 Å². The average Bonchev–Trinajstić information content (AvgIpc) is 3.44. The van der Waals surface area contributed by atoms with Crippen molar-refractivity contribution in [1.82, 2.24) is 0 Å². The fourth-order valence-corrected chi connectivity index (χ4v) is 5.97. The zero-order valence-corrected chi connectivity index (χ0v) is 29.3. The Labute approximate surface area is 270 Å². The number of rotatable bonds is 31. The Morgan fingerprint density at radius 2 is 0.837 bits per heavy atom. The van der Waals surface area contributed by atoms with Gasteiger partial charge in [0.25, 0.3) is 0 Å². The molecule has 1 rings (SSSR count). The molecule has 0 amide bonds. The second-order valence-electron chi connectivity index (χ2n) is 13.0. The largest absolute Gasteiger partial charge is 0.347 e. The van der Waals surface area contributed by atoms with Gasteiger partial charge in [0.15, 0.2) is 5.79 Å². The number of unbranched alkanes of at least 4 members (excludes halogenated alkanes) is 18. The Morgan fingerprint density at radius 1 is 0.465 bits per heavy atom. The van der Waals surface area contributed by atoms with E-state index in [-0.39, 0.29) is 5.79 Å². The molecule has 1 heterocycles. The van der Waals surface area contributed by atoms with Gasteiger partial charge in [-0.15, -0.1) is 0 Å². The molecule has 250 valence electrons. The van der Waals surface area contributed by atoms with Crippen LogP contribution < -0.4 is 0 Å². The molecule has 43 heavy (non-hydrogen) atoms. The highest BCUT2D eigenvalue weighted by Gasteiger charge is 2.39. The molecule has 1 saturated heterocycles. The quantitative estimate of drug-likeness (QED) is 0.0583. The molecule has 0 aliphatic carbocycles. The molecule has 0 N–H and O–H groups in total. The third kappa shape index (κ3) is 24.8. The summed E-state index contributed by atoms with van der Waals surface area (Å²) in [6, 6.07) is 0. The maximum absolute atomic E-state index is 6.50. The molecule has 0 aromatic rings. The maximum atomic E-state index is 6.50. The Bertz CT molecular complexity index is 640. The first kappa shape index (κ1) is 39.9. The highest BCUT2D eigenvalue weighted by Crippen LogP contribution is 2.35. The monoisotopic (exact) mass is 599 g/mol. The molecule has 0 aromatic heterocycles. The van der Waals surface area contributed by atoms with Crippen LogP contribution in [0.15, 0.2) is 48.6 Å². The van der Waals surface area contributed by atoms with Gasteiger partial charge in [0, 0.05) is 12.8 Å². The summed E-state index contributed by atoms with van der Waals surface area (Å²) < 4.78 is 12.8. The van der Waals surface area contributed by atoms with Crippen LogP contribution in [0.3, 0.4) is 0 Å². The number of hydrogen-bond acceptors (Lipinski definition) is 2. The zero-order valence-electron chi connectivity index (χ0n) is 29.3. The van der Waals surface area contributed by atoms with Crippen LogP contribution in [0.1, 0.15) is 194 Å². The second kappa shape index (κ2) is 30.9. The first-order valence-electron chi connectivity index (χ1n) is 19.2. The van der Waals surface area contributed by atoms with Crippen molar-refractivity contribution in [3.05, 3.63) is 48.6 Å². The van der Waals surface area contributed by atoms with E-state index in [0.717, 1.165) is 38.7 Å². The topological polar surface area (TPSA) is 18.5 Å². The molecule has 0 spiro atoms. The van der Waals surface area contributed by atoms with Crippen LogP contribution in [0.2, 0.25) is 0 Å². The molecule has 1 unspecified atom stereocenters. The highest BCUT2D eigenvalue weighted by atomic mass is 16.7. The molecule has 0 aromatic carbocycles. The Kier molecular flexibility index (Phi) is 28.7. The van der Waals surface area contributed by atoms with Crippen LogP contribution in [0.4, 0.5) is 0 Å². The molecule has 2 heteroatoms. The predicted molar refractivity (Wildman–Crippen MR) is 192 cm³/mol. The van der Waals surface area contributed by atoms with Gasteiger partial charge in [-0.1, -0.05) is 146 Å². The first-order valence-corrected chi connectivity index (χ1v) is 19.2. The van der Waals surface area contributed by atoms with Gasteiger partial charge in [-0.25, -0.2) is 0 Å². The maximum Gasteiger partial charge on any atom is 0.168 e. The average molecular weight is 599 g/mol. The van der Waals surface area contributed by atoms with Gasteiger partial charge < -0.3 is 9.47 Å². The number of allylic oxidation sites excluding steroid dienone is 8. The van der Waals surface area contributed by atoms with Crippen molar-refractivity contribution in [2.75, 3.05) is 6.61 Å². The SMILES string of the molecule is CCCCCC=CCC=CCCCCCCCCC1(CCCCCCCCC=CCC=CCCCCC)OCC(CC)O1. The summed E-state index contributed by atoms with van der Waals surface area (Å²) >= 11 is 0. The molecular formula is C41H74O2. The third-order valence-corrected chi connectivity index (χ3v) is 8.89. The molecule has 1 aliphatic rings. The molecule has 0 radical (unpaired) electrons. The van der Waals surface area contributed by atoms with Gasteiger partial charge in [0.1, 0.15) is 0 Å². The van der Waals surface area contributed by atoms with Crippen LogP contribution in [-0.2, 0) is 9.47 Å². The van der Waals surface area contributed by atoms with E-state index in [1.807, 2.05) is 0 Å². The van der Waals surface area contributed by atoms with Crippen LogP contribution in [-0.4, -0.2) is 18.5 Å². The highest BCUT2D eigenvalue weighted by molar-refractivity contribution is 4.93. The summed E-state index contributed by atoms with van der Waals surface area (Å²) in [4.78, 5) is 0. The van der Waals surface area contributed by atoms with Crippen LogP contribution in [0.5, 0.6) is 0 Å². The van der Waals surface area contributed by atoms with Gasteiger partial charge in [-0.2, -0.15) is 0 Å². The minimum Gasteiger partial charge on any atom is -0.347 e. The van der Waals surface area contributed by atoms with Crippen molar-refractivity contribution in [3.63, 3.8) is 0 Å². The molecule has 0 bridgehead atoms. The Morgan fingerprint density at radius 3 is 1.21 bits per heavy atom. The lowest BCUT2D eigenvalue weighted by atomic mass is 9.98. The van der Waals surface area contributed by atoms with Crippen LogP contribution in [0, 0.1) is 0 Å². The lowest BCUT2D eigenvalue weighted by Crippen LogP contribution is -2.31. The molecule has 2 nitrogen and oxygen atoms in total. The standard InChI is InChI=1S/C41H74O2/c1-4-7-9-11-13-15-17-19-21-23-25-27-29-31-33-35-37-41(42-39-40(6-3)43-41)38-36-34-32-30-28-26-24-22-20-18-16-14-12-10-8-5-2/h13-16,19-22,40H,4-12,17-18,23-39H2,1-3H3. The third-order valence-electron chi connectivity index (χ3n) is 8.89. The van der Waals surface area contributed by atoms with Crippen LogP contribution >= 0.6 is 0 Å². The van der Waals surface area contributed by atoms with E-state index in [9.17, 15) is 0 Å². The summed E-state index contributed by atoms with van der Waals surface area (Å²) in [7, 11) is 0. The van der Waals surface area contributed by atoms with E-state index >= 15 is 0 Å². The Balaban J connectivity index is 2.04. The molecule has 0 saturated carbocycles. The predicted octanol–water partition coefficient (Wildman–Crippen LogP) is 13.9. The van der Waals surface area contributed by atoms with Gasteiger partial charge in [-0.3, -0.25) is 0 Å². The van der Waals surface area contributed by atoms with E-state index in [0.29, 0.717) is 6.10 Å². The lowest BCUT2D eigenvalue weighted by molar-refractivity contribution is -0.179. The fourth-order valence-electron chi connectivity index (χ4n) is 5.97. The summed E-state index contributed by atoms with van der Waals surface area (Å²) in [6.45, 7) is 7.56. The van der Waals surface area contributed by atoms with E-state index in [2.05, 4.69) is 69.4 Å². The molecule has 1 atom stereocenters. The van der Waals surface area contributed by atoms with Gasteiger partial charge in [-0.05, 0) is 83.5 Å². The first-order chi connectivity index (χ1) is 21.3. The summed E-state index contributed by atoms with van der Waals surface area (Å²) in [6.07, 6.45) is 53.5. The number of hydrogen-bond donors (Lipinski definition) is 0. The summed E-state index contributed by atoms with van der Waals surface area (Å²) in [5.74, 6) is -0.287. The van der Waals surface area contributed by atoms with Gasteiger partial charge in [0.2, 0.25) is 0 Å². The molecule has 1 fully saturated rings. The lowest BCUT2D eigenvalue weighted by Gasteiger charge is -2.28. The van der Waals surface area contributed by atoms with Crippen molar-refractivity contribution in [3.8, 4) is 0 Å². The number of ether oxygens (including phenoxy) is 2. The van der Waals surface area contributed by atoms with Crippen molar-refractivity contribution in [2.24, 2.45) is 0 Å². The normalized spacial score (nSPS) is 19.4. The fraction of sp³-hybridized carbons (Fsp3) is 0.805. The van der Waals surface area contributed by atoms with E-state index in [4.69, 9.17) is 9.47 Å². The minimum absolute atomic E-state index is 0.287. The minimum atomic E-state index is -0.287. The van der Waals surface area contributed by atoms with Gasteiger partial charge in [0.05, 0.1) is 12.7 Å². The molecular weight excluding hydrogens is 524 g/mol. The van der Waals surface area contributed by atoms with Crippen molar-refractivity contribution >= 4 is 0 Å². The smallest absolute Gasteiger partial charge is 0.168 e. The van der Waals surface area contributed by atoms with E-state index in [1.54, 1.807) is 0 Å². The van der Waals surface area contributed by atoms with Crippen LogP contribution in [0.25, 0.3) is 0 Å². The Hall–Kier alpha value is -1.12.